The average molecular weight is 212 g/mol. The van der Waals surface area contributed by atoms with Gasteiger partial charge < -0.3 is 15.0 Å². The van der Waals surface area contributed by atoms with Crippen LogP contribution < -0.4 is 5.32 Å². The molecule has 1 aliphatic carbocycles. The van der Waals surface area contributed by atoms with Gasteiger partial charge in [0.05, 0.1) is 0 Å². The van der Waals surface area contributed by atoms with E-state index in [1.807, 2.05) is 0 Å². The fourth-order valence-electron chi connectivity index (χ4n) is 2.34. The van der Waals surface area contributed by atoms with Crippen LogP contribution >= 0.6 is 0 Å². The molecule has 1 N–H and O–H groups in total. The first-order valence-corrected chi connectivity index (χ1v) is 6.33. The lowest BCUT2D eigenvalue weighted by atomic mass is 10.1. The Balaban J connectivity index is 1.52. The SMILES string of the molecule is COCCCN1CCC(CNC2CC2)C1. The molecule has 1 saturated carbocycles. The van der Waals surface area contributed by atoms with Crippen LogP contribution in [0.2, 0.25) is 0 Å². The van der Waals surface area contributed by atoms with Crippen molar-refractivity contribution in [3.63, 3.8) is 0 Å². The number of methoxy groups -OCH3 is 1. The van der Waals surface area contributed by atoms with E-state index in [4.69, 9.17) is 4.74 Å². The van der Waals surface area contributed by atoms with E-state index in [0.29, 0.717) is 0 Å². The van der Waals surface area contributed by atoms with Crippen molar-refractivity contribution in [3.8, 4) is 0 Å². The first-order valence-electron chi connectivity index (χ1n) is 6.33. The zero-order valence-electron chi connectivity index (χ0n) is 9.87. The molecule has 2 fully saturated rings. The Hall–Kier alpha value is -0.120. The summed E-state index contributed by atoms with van der Waals surface area (Å²) in [7, 11) is 1.78. The van der Waals surface area contributed by atoms with Crippen LogP contribution in [0.1, 0.15) is 25.7 Å². The van der Waals surface area contributed by atoms with Crippen LogP contribution in [-0.2, 0) is 4.74 Å². The predicted octanol–water partition coefficient (Wildman–Crippen LogP) is 1.10. The number of nitrogens with one attached hydrogen (secondary N) is 1. The highest BCUT2D eigenvalue weighted by atomic mass is 16.5. The minimum Gasteiger partial charge on any atom is -0.385 e. The summed E-state index contributed by atoms with van der Waals surface area (Å²) in [5.74, 6) is 0.896. The molecule has 0 amide bonds. The van der Waals surface area contributed by atoms with Gasteiger partial charge >= 0.3 is 0 Å². The van der Waals surface area contributed by atoms with Gasteiger partial charge in [-0.2, -0.15) is 0 Å². The first kappa shape index (κ1) is 11.4. The third-order valence-electron chi connectivity index (χ3n) is 3.47. The van der Waals surface area contributed by atoms with Crippen molar-refractivity contribution in [1.82, 2.24) is 10.2 Å². The smallest absolute Gasteiger partial charge is 0.0474 e. The maximum atomic E-state index is 5.08. The van der Waals surface area contributed by atoms with E-state index < -0.39 is 0 Å². The normalized spacial score (nSPS) is 27.4. The number of ether oxygens (including phenoxy) is 1. The molecular formula is C12H24N2O. The second-order valence-electron chi connectivity index (χ2n) is 4.98. The molecule has 2 aliphatic rings. The molecule has 0 aromatic carbocycles. The van der Waals surface area contributed by atoms with E-state index in [9.17, 15) is 0 Å². The van der Waals surface area contributed by atoms with Crippen molar-refractivity contribution in [3.05, 3.63) is 0 Å². The standard InChI is InChI=1S/C12H24N2O/c1-15-8-2-6-14-7-5-11(10-14)9-13-12-3-4-12/h11-13H,2-10H2,1H3. The van der Waals surface area contributed by atoms with Gasteiger partial charge in [-0.3, -0.25) is 0 Å². The Labute approximate surface area is 93.2 Å². The summed E-state index contributed by atoms with van der Waals surface area (Å²) in [5, 5.41) is 3.63. The molecule has 1 saturated heterocycles. The van der Waals surface area contributed by atoms with Gasteiger partial charge in [0.25, 0.3) is 0 Å². The van der Waals surface area contributed by atoms with Crippen molar-refractivity contribution >= 4 is 0 Å². The van der Waals surface area contributed by atoms with Crippen LogP contribution in [-0.4, -0.2) is 50.8 Å². The summed E-state index contributed by atoms with van der Waals surface area (Å²) in [6.07, 6.45) is 5.38. The highest BCUT2D eigenvalue weighted by molar-refractivity contribution is 4.84. The summed E-state index contributed by atoms with van der Waals surface area (Å²) in [6, 6.07) is 0.868. The minimum atomic E-state index is 0.868. The van der Waals surface area contributed by atoms with Gasteiger partial charge in [-0.15, -0.1) is 0 Å². The van der Waals surface area contributed by atoms with E-state index >= 15 is 0 Å². The Morgan fingerprint density at radius 3 is 2.93 bits per heavy atom. The van der Waals surface area contributed by atoms with E-state index in [1.165, 1.54) is 51.9 Å². The van der Waals surface area contributed by atoms with Crippen molar-refractivity contribution in [2.24, 2.45) is 5.92 Å². The van der Waals surface area contributed by atoms with Crippen LogP contribution in [0, 0.1) is 5.92 Å². The van der Waals surface area contributed by atoms with E-state index in [1.54, 1.807) is 7.11 Å². The molecule has 88 valence electrons. The monoisotopic (exact) mass is 212 g/mol. The topological polar surface area (TPSA) is 24.5 Å². The summed E-state index contributed by atoms with van der Waals surface area (Å²) >= 11 is 0. The Bertz CT molecular complexity index is 182. The highest BCUT2D eigenvalue weighted by Gasteiger charge is 2.25. The minimum absolute atomic E-state index is 0.868. The molecule has 0 aromatic heterocycles. The van der Waals surface area contributed by atoms with Crippen molar-refractivity contribution in [2.45, 2.75) is 31.7 Å². The van der Waals surface area contributed by atoms with Crippen LogP contribution in [0.3, 0.4) is 0 Å². The molecule has 3 nitrogen and oxygen atoms in total. The molecule has 3 heteroatoms. The second kappa shape index (κ2) is 5.83. The summed E-state index contributed by atoms with van der Waals surface area (Å²) < 4.78 is 5.08. The van der Waals surface area contributed by atoms with Crippen molar-refractivity contribution in [1.29, 1.82) is 0 Å². The molecule has 2 rings (SSSR count). The lowest BCUT2D eigenvalue weighted by Gasteiger charge is -2.15. The lowest BCUT2D eigenvalue weighted by molar-refractivity contribution is 0.178. The predicted molar refractivity (Wildman–Crippen MR) is 62.1 cm³/mol. The third kappa shape index (κ3) is 4.09. The zero-order valence-corrected chi connectivity index (χ0v) is 9.87. The second-order valence-corrected chi connectivity index (χ2v) is 4.98. The van der Waals surface area contributed by atoms with Crippen molar-refractivity contribution < 1.29 is 4.74 Å². The average Bonchev–Trinajstić information content (AvgIpc) is 2.97. The van der Waals surface area contributed by atoms with Gasteiger partial charge in [-0.1, -0.05) is 0 Å². The highest BCUT2D eigenvalue weighted by Crippen LogP contribution is 2.21. The fraction of sp³-hybridized carbons (Fsp3) is 1.00. The summed E-state index contributed by atoms with van der Waals surface area (Å²) in [4.78, 5) is 2.58. The van der Waals surface area contributed by atoms with E-state index in [-0.39, 0.29) is 0 Å². The number of rotatable bonds is 7. The quantitative estimate of drug-likeness (QED) is 0.640. The number of hydrogen-bond acceptors (Lipinski definition) is 3. The maximum Gasteiger partial charge on any atom is 0.0474 e. The lowest BCUT2D eigenvalue weighted by Crippen LogP contribution is -2.28. The first-order chi connectivity index (χ1) is 7.38. The Morgan fingerprint density at radius 1 is 1.33 bits per heavy atom. The van der Waals surface area contributed by atoms with Gasteiger partial charge in [0, 0.05) is 32.8 Å². The van der Waals surface area contributed by atoms with E-state index in [2.05, 4.69) is 10.2 Å². The third-order valence-corrected chi connectivity index (χ3v) is 3.47. The summed E-state index contributed by atoms with van der Waals surface area (Å²) in [5.41, 5.74) is 0. The van der Waals surface area contributed by atoms with E-state index in [0.717, 1.165) is 18.6 Å². The fourth-order valence-corrected chi connectivity index (χ4v) is 2.34. The molecule has 0 spiro atoms. The Morgan fingerprint density at radius 2 is 2.20 bits per heavy atom. The molecule has 1 unspecified atom stereocenters. The van der Waals surface area contributed by atoms with Crippen LogP contribution in [0.4, 0.5) is 0 Å². The van der Waals surface area contributed by atoms with Crippen LogP contribution in [0.5, 0.6) is 0 Å². The molecule has 1 heterocycles. The van der Waals surface area contributed by atoms with Gasteiger partial charge in [0.15, 0.2) is 0 Å². The van der Waals surface area contributed by atoms with Gasteiger partial charge in [0.1, 0.15) is 0 Å². The molecule has 0 radical (unpaired) electrons. The number of likely N-dealkylation sites (tertiary alicyclic amines) is 1. The molecule has 1 atom stereocenters. The van der Waals surface area contributed by atoms with Gasteiger partial charge in [-0.25, -0.2) is 0 Å². The Kier molecular flexibility index (Phi) is 4.42. The molecule has 0 aromatic rings. The molecule has 15 heavy (non-hydrogen) atoms. The molecule has 1 aliphatic heterocycles. The summed E-state index contributed by atoms with van der Waals surface area (Å²) in [6.45, 7) is 5.95. The number of nitrogens with zero attached hydrogens (tertiary/aromatic N) is 1. The largest absolute Gasteiger partial charge is 0.385 e. The van der Waals surface area contributed by atoms with Crippen molar-refractivity contribution in [2.75, 3.05) is 39.9 Å². The van der Waals surface area contributed by atoms with Crippen LogP contribution in [0.15, 0.2) is 0 Å². The molecular weight excluding hydrogens is 188 g/mol. The van der Waals surface area contributed by atoms with Gasteiger partial charge in [0.2, 0.25) is 0 Å². The molecule has 0 bridgehead atoms. The zero-order chi connectivity index (χ0) is 10.5. The number of hydrogen-bond donors (Lipinski definition) is 1. The van der Waals surface area contributed by atoms with Crippen LogP contribution in [0.25, 0.3) is 0 Å². The van der Waals surface area contributed by atoms with Gasteiger partial charge in [-0.05, 0) is 44.7 Å². The maximum absolute atomic E-state index is 5.08.